The Bertz CT molecular complexity index is 398. The average Bonchev–Trinajstić information content (AvgIpc) is 2.18. The van der Waals surface area contributed by atoms with Gasteiger partial charge in [0.2, 0.25) is 0 Å². The molecule has 72 valence electrons. The van der Waals surface area contributed by atoms with E-state index in [-0.39, 0.29) is 17.9 Å². The number of carbonyl (C=O) groups excluding carboxylic acids is 1. The number of nitriles is 1. The minimum absolute atomic E-state index is 0.0367. The number of phenolic OH excluding ortho intramolecular Hbond substituents is 1. The van der Waals surface area contributed by atoms with Crippen molar-refractivity contribution in [2.24, 2.45) is 0 Å². The number of hydrogen-bond donors (Lipinski definition) is 1. The third kappa shape index (κ3) is 2.47. The maximum Gasteiger partial charge on any atom is 0.342 e. The van der Waals surface area contributed by atoms with Crippen LogP contribution in [0.3, 0.4) is 0 Å². The van der Waals surface area contributed by atoms with E-state index in [1.807, 2.05) is 0 Å². The van der Waals surface area contributed by atoms with Gasteiger partial charge < -0.3 is 9.84 Å². The van der Waals surface area contributed by atoms with Gasteiger partial charge in [0.25, 0.3) is 0 Å². The highest BCUT2D eigenvalue weighted by Crippen LogP contribution is 2.22. The Hall–Kier alpha value is -1.54. The maximum atomic E-state index is 11.2. The predicted octanol–water partition coefficient (Wildman–Crippen LogP) is 1.84. The lowest BCUT2D eigenvalue weighted by Crippen LogP contribution is -2.05. The van der Waals surface area contributed by atoms with Crippen LogP contribution in [0.15, 0.2) is 22.7 Å². The van der Waals surface area contributed by atoms with Crippen LogP contribution in [0.25, 0.3) is 0 Å². The van der Waals surface area contributed by atoms with E-state index in [4.69, 9.17) is 5.26 Å². The zero-order chi connectivity index (χ0) is 10.6. The Morgan fingerprint density at radius 3 is 3.00 bits per heavy atom. The van der Waals surface area contributed by atoms with Crippen LogP contribution in [0, 0.1) is 11.3 Å². The topological polar surface area (TPSA) is 70.3 Å². The monoisotopic (exact) mass is 255 g/mol. The van der Waals surface area contributed by atoms with Crippen LogP contribution >= 0.6 is 15.9 Å². The summed E-state index contributed by atoms with van der Waals surface area (Å²) in [4.78, 5) is 11.2. The van der Waals surface area contributed by atoms with Gasteiger partial charge in [-0.25, -0.2) is 4.79 Å². The first kappa shape index (κ1) is 10.5. The van der Waals surface area contributed by atoms with Gasteiger partial charge in [0, 0.05) is 4.47 Å². The molecule has 0 radical (unpaired) electrons. The number of halogens is 1. The van der Waals surface area contributed by atoms with E-state index in [2.05, 4.69) is 20.7 Å². The van der Waals surface area contributed by atoms with Crippen molar-refractivity contribution >= 4 is 21.9 Å². The molecule has 5 heteroatoms. The first-order chi connectivity index (χ1) is 6.65. The molecule has 1 aromatic carbocycles. The summed E-state index contributed by atoms with van der Waals surface area (Å²) in [7, 11) is 0. The summed E-state index contributed by atoms with van der Waals surface area (Å²) in [5, 5.41) is 17.5. The maximum absolute atomic E-state index is 11.2. The highest BCUT2D eigenvalue weighted by atomic mass is 79.9. The molecular weight excluding hydrogens is 250 g/mol. The number of hydrogen-bond acceptors (Lipinski definition) is 4. The van der Waals surface area contributed by atoms with Gasteiger partial charge in [0.1, 0.15) is 17.4 Å². The zero-order valence-corrected chi connectivity index (χ0v) is 8.61. The lowest BCUT2D eigenvalue weighted by molar-refractivity contribution is 0.0551. The number of esters is 1. The third-order valence-corrected chi connectivity index (χ3v) is 1.94. The van der Waals surface area contributed by atoms with E-state index in [1.165, 1.54) is 12.1 Å². The second-order valence-corrected chi connectivity index (χ2v) is 3.31. The first-order valence-corrected chi connectivity index (χ1v) is 4.47. The molecule has 0 aromatic heterocycles. The van der Waals surface area contributed by atoms with Crippen molar-refractivity contribution in [2.45, 2.75) is 0 Å². The van der Waals surface area contributed by atoms with Gasteiger partial charge in [-0.2, -0.15) is 5.26 Å². The van der Waals surface area contributed by atoms with E-state index in [1.54, 1.807) is 12.1 Å². The van der Waals surface area contributed by atoms with Crippen LogP contribution in [0.2, 0.25) is 0 Å². The van der Waals surface area contributed by atoms with Crippen LogP contribution in [0.4, 0.5) is 0 Å². The molecule has 4 nitrogen and oxygen atoms in total. The van der Waals surface area contributed by atoms with Crippen LogP contribution < -0.4 is 0 Å². The van der Waals surface area contributed by atoms with Gasteiger partial charge in [0.15, 0.2) is 6.61 Å². The summed E-state index contributed by atoms with van der Waals surface area (Å²) in [6.07, 6.45) is 0. The number of ether oxygens (including phenoxy) is 1. The molecule has 0 amide bonds. The summed E-state index contributed by atoms with van der Waals surface area (Å²) < 4.78 is 5.18. The molecule has 1 rings (SSSR count). The molecule has 0 bridgehead atoms. The molecule has 0 heterocycles. The quantitative estimate of drug-likeness (QED) is 0.819. The summed E-state index contributed by atoms with van der Waals surface area (Å²) in [6.45, 7) is -0.329. The second kappa shape index (κ2) is 4.63. The van der Waals surface area contributed by atoms with Crippen molar-refractivity contribution in [3.63, 3.8) is 0 Å². The Kier molecular flexibility index (Phi) is 3.48. The van der Waals surface area contributed by atoms with Crippen LogP contribution in [-0.2, 0) is 4.74 Å². The number of carbonyl (C=O) groups is 1. The lowest BCUT2D eigenvalue weighted by Gasteiger charge is -2.03. The molecule has 0 spiro atoms. The van der Waals surface area contributed by atoms with Gasteiger partial charge >= 0.3 is 5.97 Å². The van der Waals surface area contributed by atoms with E-state index < -0.39 is 5.97 Å². The summed E-state index contributed by atoms with van der Waals surface area (Å²) in [6, 6.07) is 6.05. The van der Waals surface area contributed by atoms with Crippen LogP contribution in [0.5, 0.6) is 5.75 Å². The fourth-order valence-electron chi connectivity index (χ4n) is 0.847. The largest absolute Gasteiger partial charge is 0.507 e. The van der Waals surface area contributed by atoms with E-state index >= 15 is 0 Å². The number of aromatic hydroxyl groups is 1. The van der Waals surface area contributed by atoms with E-state index in [9.17, 15) is 9.90 Å². The normalized spacial score (nSPS) is 9.14. The molecule has 0 aliphatic carbocycles. The SMILES string of the molecule is N#CCOC(=O)c1cc(Br)ccc1O. The molecule has 0 atom stereocenters. The van der Waals surface area contributed by atoms with Crippen molar-refractivity contribution in [2.75, 3.05) is 6.61 Å². The highest BCUT2D eigenvalue weighted by Gasteiger charge is 2.12. The Morgan fingerprint density at radius 1 is 1.64 bits per heavy atom. The van der Waals surface area contributed by atoms with Crippen LogP contribution in [0.1, 0.15) is 10.4 Å². The molecule has 1 N–H and O–H groups in total. The minimum Gasteiger partial charge on any atom is -0.507 e. The predicted molar refractivity (Wildman–Crippen MR) is 51.7 cm³/mol. The van der Waals surface area contributed by atoms with Gasteiger partial charge in [-0.3, -0.25) is 0 Å². The average molecular weight is 256 g/mol. The fraction of sp³-hybridized carbons (Fsp3) is 0.111. The second-order valence-electron chi connectivity index (χ2n) is 2.40. The number of phenols is 1. The molecule has 0 saturated heterocycles. The van der Waals surface area contributed by atoms with E-state index in [0.717, 1.165) is 0 Å². The summed E-state index contributed by atoms with van der Waals surface area (Å²) in [5.74, 6) is -0.888. The minimum atomic E-state index is -0.717. The van der Waals surface area contributed by atoms with Gasteiger partial charge in [0.05, 0.1) is 0 Å². The highest BCUT2D eigenvalue weighted by molar-refractivity contribution is 9.10. The molecule has 0 unspecified atom stereocenters. The number of nitrogens with zero attached hydrogens (tertiary/aromatic N) is 1. The lowest BCUT2D eigenvalue weighted by atomic mass is 10.2. The van der Waals surface area contributed by atoms with Crippen molar-refractivity contribution in [1.29, 1.82) is 5.26 Å². The molecular formula is C9H6BrNO3. The molecule has 0 aliphatic heterocycles. The van der Waals surface area contributed by atoms with Crippen molar-refractivity contribution in [1.82, 2.24) is 0 Å². The molecule has 1 aromatic rings. The Morgan fingerprint density at radius 2 is 2.36 bits per heavy atom. The van der Waals surface area contributed by atoms with Crippen molar-refractivity contribution in [3.8, 4) is 11.8 Å². The van der Waals surface area contributed by atoms with Crippen LogP contribution in [-0.4, -0.2) is 17.7 Å². The van der Waals surface area contributed by atoms with Crippen molar-refractivity contribution < 1.29 is 14.6 Å². The van der Waals surface area contributed by atoms with Gasteiger partial charge in [-0.05, 0) is 18.2 Å². The zero-order valence-electron chi connectivity index (χ0n) is 7.03. The van der Waals surface area contributed by atoms with Gasteiger partial charge in [-0.15, -0.1) is 0 Å². The fourth-order valence-corrected chi connectivity index (χ4v) is 1.21. The molecule has 0 fully saturated rings. The number of rotatable bonds is 2. The number of benzene rings is 1. The third-order valence-electron chi connectivity index (χ3n) is 1.45. The smallest absolute Gasteiger partial charge is 0.342 e. The van der Waals surface area contributed by atoms with Crippen molar-refractivity contribution in [3.05, 3.63) is 28.2 Å². The molecule has 14 heavy (non-hydrogen) atoms. The van der Waals surface area contributed by atoms with E-state index in [0.29, 0.717) is 4.47 Å². The summed E-state index contributed by atoms with van der Waals surface area (Å²) >= 11 is 3.15. The Labute approximate surface area is 88.9 Å². The Balaban J connectivity index is 2.90. The summed E-state index contributed by atoms with van der Waals surface area (Å²) in [5.41, 5.74) is 0.0367. The molecule has 0 saturated carbocycles. The molecule has 0 aliphatic rings. The first-order valence-electron chi connectivity index (χ1n) is 3.67. The van der Waals surface area contributed by atoms with Gasteiger partial charge in [-0.1, -0.05) is 15.9 Å². The standard InChI is InChI=1S/C9H6BrNO3/c10-6-1-2-8(12)7(5-6)9(13)14-4-3-11/h1-2,5,12H,4H2.